The van der Waals surface area contributed by atoms with Crippen LogP contribution in [0, 0.1) is 0 Å². The van der Waals surface area contributed by atoms with Crippen molar-refractivity contribution in [1.29, 1.82) is 0 Å². The minimum Gasteiger partial charge on any atom is -0.368 e. The molecule has 16 heavy (non-hydrogen) atoms. The summed E-state index contributed by atoms with van der Waals surface area (Å²) in [6, 6.07) is 11.0. The number of aromatic nitrogens is 1. The Morgan fingerprint density at radius 1 is 1.25 bits per heavy atom. The van der Waals surface area contributed by atoms with Crippen LogP contribution in [0.5, 0.6) is 0 Å². The van der Waals surface area contributed by atoms with Crippen molar-refractivity contribution in [3.8, 4) is 0 Å². The minimum absolute atomic E-state index is 0. The Bertz CT molecular complexity index is 495. The van der Waals surface area contributed by atoms with Crippen LogP contribution >= 0.6 is 0 Å². The number of benzene rings is 1. The van der Waals surface area contributed by atoms with Gasteiger partial charge in [-0.25, -0.2) is 4.98 Å². The van der Waals surface area contributed by atoms with E-state index >= 15 is 0 Å². The highest BCUT2D eigenvalue weighted by atomic mass is 15.0. The average Bonchev–Trinajstić information content (AvgIpc) is 2.27. The number of aryl methyl sites for hydroxylation is 1. The average molecular weight is 216 g/mol. The second kappa shape index (κ2) is 4.52. The second-order valence-corrected chi connectivity index (χ2v) is 4.38. The number of anilines is 1. The van der Waals surface area contributed by atoms with Gasteiger partial charge in [0, 0.05) is 12.9 Å². The van der Waals surface area contributed by atoms with Gasteiger partial charge >= 0.3 is 0 Å². The normalized spacial score (nSPS) is 11.0. The predicted octanol–water partition coefficient (Wildman–Crippen LogP) is 3.86. The van der Waals surface area contributed by atoms with Crippen LogP contribution in [0.1, 0.15) is 27.8 Å². The van der Waals surface area contributed by atoms with Gasteiger partial charge < -0.3 is 5.32 Å². The van der Waals surface area contributed by atoms with E-state index in [1.807, 2.05) is 6.07 Å². The topological polar surface area (TPSA) is 24.9 Å². The SMILES string of the molecule is CCc1ccc2nc(NC(C)C)ccc2c1.[HH]. The fourth-order valence-corrected chi connectivity index (χ4v) is 1.77. The number of rotatable bonds is 3. The molecule has 0 unspecified atom stereocenters. The summed E-state index contributed by atoms with van der Waals surface area (Å²) >= 11 is 0. The van der Waals surface area contributed by atoms with Gasteiger partial charge in [0.1, 0.15) is 5.82 Å². The van der Waals surface area contributed by atoms with Gasteiger partial charge in [-0.3, -0.25) is 0 Å². The maximum atomic E-state index is 4.58. The monoisotopic (exact) mass is 216 g/mol. The number of fused-ring (bicyclic) bond motifs is 1. The zero-order chi connectivity index (χ0) is 11.5. The number of nitrogens with one attached hydrogen (secondary N) is 1. The third-order valence-corrected chi connectivity index (χ3v) is 2.60. The van der Waals surface area contributed by atoms with Crippen LogP contribution in [-0.4, -0.2) is 11.0 Å². The quantitative estimate of drug-likeness (QED) is 0.842. The van der Waals surface area contributed by atoms with Gasteiger partial charge in [-0.1, -0.05) is 13.0 Å². The zero-order valence-electron chi connectivity index (χ0n) is 10.1. The third-order valence-electron chi connectivity index (χ3n) is 2.60. The summed E-state index contributed by atoms with van der Waals surface area (Å²) in [5.41, 5.74) is 2.42. The molecule has 0 atom stereocenters. The molecule has 0 saturated carbocycles. The largest absolute Gasteiger partial charge is 0.368 e. The molecule has 1 aromatic carbocycles. The molecular weight excluding hydrogens is 196 g/mol. The lowest BCUT2D eigenvalue weighted by Crippen LogP contribution is -2.10. The summed E-state index contributed by atoms with van der Waals surface area (Å²) in [6.45, 7) is 6.40. The van der Waals surface area contributed by atoms with Crippen LogP contribution < -0.4 is 5.32 Å². The number of hydrogen-bond donors (Lipinski definition) is 1. The van der Waals surface area contributed by atoms with E-state index in [9.17, 15) is 0 Å². The van der Waals surface area contributed by atoms with Crippen LogP contribution in [0.2, 0.25) is 0 Å². The molecule has 0 aliphatic heterocycles. The lowest BCUT2D eigenvalue weighted by molar-refractivity contribution is 0.891. The first-order valence-corrected chi connectivity index (χ1v) is 5.85. The van der Waals surface area contributed by atoms with E-state index in [0.717, 1.165) is 17.8 Å². The van der Waals surface area contributed by atoms with Crippen LogP contribution in [0.15, 0.2) is 30.3 Å². The Labute approximate surface area is 98.2 Å². The Morgan fingerprint density at radius 2 is 2.06 bits per heavy atom. The third kappa shape index (κ3) is 2.32. The van der Waals surface area contributed by atoms with Crippen molar-refractivity contribution in [2.24, 2.45) is 0 Å². The van der Waals surface area contributed by atoms with Crippen molar-refractivity contribution in [1.82, 2.24) is 4.98 Å². The summed E-state index contributed by atoms with van der Waals surface area (Å²) in [5, 5.41) is 4.53. The highest BCUT2D eigenvalue weighted by Crippen LogP contribution is 2.17. The summed E-state index contributed by atoms with van der Waals surface area (Å²) in [7, 11) is 0. The molecule has 0 aliphatic carbocycles. The van der Waals surface area contributed by atoms with Crippen molar-refractivity contribution < 1.29 is 1.43 Å². The molecule has 0 fully saturated rings. The molecule has 1 aromatic heterocycles. The van der Waals surface area contributed by atoms with Crippen molar-refractivity contribution in [3.05, 3.63) is 35.9 Å². The van der Waals surface area contributed by atoms with Crippen LogP contribution in [0.25, 0.3) is 10.9 Å². The van der Waals surface area contributed by atoms with Gasteiger partial charge in [-0.15, -0.1) is 0 Å². The second-order valence-electron chi connectivity index (χ2n) is 4.38. The van der Waals surface area contributed by atoms with Gasteiger partial charge in [0.05, 0.1) is 5.52 Å². The van der Waals surface area contributed by atoms with Gasteiger partial charge in [-0.05, 0) is 50.1 Å². The van der Waals surface area contributed by atoms with Crippen molar-refractivity contribution >= 4 is 16.7 Å². The van der Waals surface area contributed by atoms with Crippen molar-refractivity contribution in [2.45, 2.75) is 33.2 Å². The smallest absolute Gasteiger partial charge is 0.126 e. The Morgan fingerprint density at radius 3 is 2.75 bits per heavy atom. The molecule has 1 heterocycles. The maximum absolute atomic E-state index is 4.58. The van der Waals surface area contributed by atoms with Crippen LogP contribution in [0.4, 0.5) is 5.82 Å². The molecule has 2 aromatic rings. The highest BCUT2D eigenvalue weighted by Gasteiger charge is 2.00. The first-order valence-electron chi connectivity index (χ1n) is 5.85. The first-order chi connectivity index (χ1) is 7.69. The molecule has 0 aliphatic rings. The van der Waals surface area contributed by atoms with E-state index in [1.54, 1.807) is 0 Å². The van der Waals surface area contributed by atoms with E-state index in [0.29, 0.717) is 6.04 Å². The molecule has 86 valence electrons. The molecule has 2 heteroatoms. The standard InChI is InChI=1S/C14H18N2.H2/c1-4-11-5-7-13-12(9-11)6-8-14(16-13)15-10(2)3;/h5-10H,4H2,1-3H3,(H,15,16);1H. The molecule has 0 radical (unpaired) electrons. The van der Waals surface area contributed by atoms with Gasteiger partial charge in [-0.2, -0.15) is 0 Å². The summed E-state index contributed by atoms with van der Waals surface area (Å²) in [5.74, 6) is 0.951. The molecular formula is C14H20N2. The van der Waals surface area contributed by atoms with E-state index in [2.05, 4.69) is 55.3 Å². The molecule has 0 amide bonds. The Balaban J connectivity index is 0.00000144. The van der Waals surface area contributed by atoms with Crippen LogP contribution in [0.3, 0.4) is 0 Å². The number of pyridine rings is 1. The van der Waals surface area contributed by atoms with E-state index < -0.39 is 0 Å². The lowest BCUT2D eigenvalue weighted by atomic mass is 10.1. The molecule has 0 saturated heterocycles. The van der Waals surface area contributed by atoms with Gasteiger partial charge in [0.15, 0.2) is 0 Å². The minimum atomic E-state index is 0. The molecule has 2 nitrogen and oxygen atoms in total. The van der Waals surface area contributed by atoms with E-state index in [4.69, 9.17) is 0 Å². The Hall–Kier alpha value is -1.57. The summed E-state index contributed by atoms with van der Waals surface area (Å²) < 4.78 is 0. The summed E-state index contributed by atoms with van der Waals surface area (Å²) in [4.78, 5) is 4.58. The highest BCUT2D eigenvalue weighted by molar-refractivity contribution is 5.81. The molecule has 0 bridgehead atoms. The first kappa shape index (κ1) is 10.9. The number of hydrogen-bond acceptors (Lipinski definition) is 2. The van der Waals surface area contributed by atoms with Gasteiger partial charge in [0.25, 0.3) is 0 Å². The van der Waals surface area contributed by atoms with Crippen LogP contribution in [-0.2, 0) is 6.42 Å². The van der Waals surface area contributed by atoms with E-state index in [1.165, 1.54) is 10.9 Å². The lowest BCUT2D eigenvalue weighted by Gasteiger charge is -2.09. The zero-order valence-corrected chi connectivity index (χ0v) is 10.1. The Kier molecular flexibility index (Phi) is 3.09. The van der Waals surface area contributed by atoms with Gasteiger partial charge in [0.2, 0.25) is 0 Å². The molecule has 2 rings (SSSR count). The fourth-order valence-electron chi connectivity index (χ4n) is 1.77. The molecule has 0 spiro atoms. The summed E-state index contributed by atoms with van der Waals surface area (Å²) in [6.07, 6.45) is 1.07. The van der Waals surface area contributed by atoms with Crippen molar-refractivity contribution in [3.63, 3.8) is 0 Å². The predicted molar refractivity (Wildman–Crippen MR) is 72.0 cm³/mol. The fraction of sp³-hybridized carbons (Fsp3) is 0.357. The maximum Gasteiger partial charge on any atom is 0.126 e. The van der Waals surface area contributed by atoms with Crippen molar-refractivity contribution in [2.75, 3.05) is 5.32 Å². The molecule has 1 N–H and O–H groups in total. The van der Waals surface area contributed by atoms with E-state index in [-0.39, 0.29) is 1.43 Å². The number of nitrogens with zero attached hydrogens (tertiary/aromatic N) is 1.